The molecule has 0 N–H and O–H groups in total. The number of alkyl halides is 2. The van der Waals surface area contributed by atoms with Crippen molar-refractivity contribution in [1.82, 2.24) is 29.5 Å². The van der Waals surface area contributed by atoms with Crippen molar-refractivity contribution in [3.8, 4) is 0 Å². The van der Waals surface area contributed by atoms with Gasteiger partial charge in [-0.1, -0.05) is 23.8 Å². The van der Waals surface area contributed by atoms with Crippen LogP contribution in [0.4, 0.5) is 8.78 Å². The minimum atomic E-state index is -2.69. The lowest BCUT2D eigenvalue weighted by Crippen LogP contribution is -2.42. The summed E-state index contributed by atoms with van der Waals surface area (Å²) in [6, 6.07) is 10.6. The number of halogens is 2. The molecule has 1 aliphatic carbocycles. The van der Waals surface area contributed by atoms with Gasteiger partial charge in [-0.3, -0.25) is 9.78 Å². The molecule has 31 heavy (non-hydrogen) atoms. The van der Waals surface area contributed by atoms with E-state index in [0.717, 1.165) is 16.5 Å². The van der Waals surface area contributed by atoms with Crippen LogP contribution in [-0.4, -0.2) is 48.5 Å². The molecule has 0 spiro atoms. The maximum Gasteiger partial charge on any atom is 0.280 e. The molecule has 3 aromatic heterocycles. The summed E-state index contributed by atoms with van der Waals surface area (Å²) in [4.78, 5) is 26.9. The largest absolute Gasteiger partial charge is 0.338 e. The highest BCUT2D eigenvalue weighted by molar-refractivity contribution is 6.06. The number of carbonyl (C=O) groups excluding carboxylic acids is 1. The fraction of sp³-hybridized carbons (Fsp3) is 0.227. The Labute approximate surface area is 176 Å². The van der Waals surface area contributed by atoms with Gasteiger partial charge in [0.1, 0.15) is 12.0 Å². The monoisotopic (exact) mass is 420 g/mol. The highest BCUT2D eigenvalue weighted by Gasteiger charge is 2.31. The summed E-state index contributed by atoms with van der Waals surface area (Å²) >= 11 is 0. The van der Waals surface area contributed by atoms with Crippen LogP contribution < -0.4 is 0 Å². The zero-order valence-electron chi connectivity index (χ0n) is 16.6. The summed E-state index contributed by atoms with van der Waals surface area (Å²) in [5.41, 5.74) is 2.61. The first-order valence-electron chi connectivity index (χ1n) is 9.80. The number of rotatable bonds is 4. The zero-order valence-corrected chi connectivity index (χ0v) is 16.6. The molecular formula is C22H18F2N6O. The maximum atomic E-state index is 13.2. The number of hydrogen-bond acceptors (Lipinski definition) is 5. The number of amides is 1. The van der Waals surface area contributed by atoms with Crippen LogP contribution in [0.3, 0.4) is 0 Å². The van der Waals surface area contributed by atoms with E-state index in [1.165, 1.54) is 16.9 Å². The van der Waals surface area contributed by atoms with E-state index in [0.29, 0.717) is 24.1 Å². The smallest absolute Gasteiger partial charge is 0.280 e. The number of carbonyl (C=O) groups is 1. The lowest BCUT2D eigenvalue weighted by atomic mass is 9.84. The molecule has 0 atom stereocenters. The van der Waals surface area contributed by atoms with E-state index in [1.54, 1.807) is 24.2 Å². The second-order valence-corrected chi connectivity index (χ2v) is 7.53. The van der Waals surface area contributed by atoms with Crippen LogP contribution in [0.2, 0.25) is 0 Å². The van der Waals surface area contributed by atoms with Crippen molar-refractivity contribution in [2.75, 3.05) is 7.05 Å². The summed E-state index contributed by atoms with van der Waals surface area (Å²) < 4.78 is 27.7. The maximum absolute atomic E-state index is 13.2. The Morgan fingerprint density at radius 3 is 2.84 bits per heavy atom. The predicted molar refractivity (Wildman–Crippen MR) is 111 cm³/mol. The summed E-state index contributed by atoms with van der Waals surface area (Å²) in [7, 11) is 1.79. The minimum Gasteiger partial charge on any atom is -0.338 e. The van der Waals surface area contributed by atoms with Gasteiger partial charge in [-0.2, -0.15) is 14.6 Å². The van der Waals surface area contributed by atoms with Crippen LogP contribution >= 0.6 is 0 Å². The third kappa shape index (κ3) is 3.41. The van der Waals surface area contributed by atoms with Gasteiger partial charge in [-0.15, -0.1) is 0 Å². The standard InChI is InChI=1S/C22H18F2N6O/c1-29(21(31)17-6-7-25-18-5-3-2-4-16(17)18)14-8-13(9-14)10-15-11-19(20(23)24)28-22-26-12-27-30(15)22/h2-7,10-12,14,20H,8-9H2,1H3. The molecule has 4 aromatic rings. The number of aromatic nitrogens is 5. The molecule has 0 aliphatic heterocycles. The molecule has 1 fully saturated rings. The Morgan fingerprint density at radius 2 is 2.03 bits per heavy atom. The molecule has 1 saturated carbocycles. The second-order valence-electron chi connectivity index (χ2n) is 7.53. The quantitative estimate of drug-likeness (QED) is 0.500. The van der Waals surface area contributed by atoms with Crippen LogP contribution in [0, 0.1) is 0 Å². The van der Waals surface area contributed by atoms with Crippen molar-refractivity contribution < 1.29 is 13.6 Å². The number of hydrogen-bond donors (Lipinski definition) is 0. The van der Waals surface area contributed by atoms with Gasteiger partial charge < -0.3 is 4.90 Å². The van der Waals surface area contributed by atoms with Gasteiger partial charge in [0, 0.05) is 24.7 Å². The molecular weight excluding hydrogens is 402 g/mol. The van der Waals surface area contributed by atoms with E-state index in [4.69, 9.17) is 0 Å². The lowest BCUT2D eigenvalue weighted by molar-refractivity contribution is 0.0701. The minimum absolute atomic E-state index is 0.0355. The highest BCUT2D eigenvalue weighted by atomic mass is 19.3. The molecule has 3 heterocycles. The van der Waals surface area contributed by atoms with Crippen molar-refractivity contribution in [2.24, 2.45) is 0 Å². The SMILES string of the molecule is CN(C(=O)c1ccnc2ccccc12)C1CC(=Cc2cc(C(F)F)nc3ncnn23)C1. The van der Waals surface area contributed by atoms with Gasteiger partial charge in [0.25, 0.3) is 18.1 Å². The third-order valence-electron chi connectivity index (χ3n) is 5.62. The van der Waals surface area contributed by atoms with E-state index in [-0.39, 0.29) is 23.4 Å². The molecule has 1 amide bonds. The summed E-state index contributed by atoms with van der Waals surface area (Å²) in [6.45, 7) is 0. The average molecular weight is 420 g/mol. The van der Waals surface area contributed by atoms with Gasteiger partial charge in [0.15, 0.2) is 0 Å². The molecule has 5 rings (SSSR count). The van der Waals surface area contributed by atoms with Crippen molar-refractivity contribution in [3.05, 3.63) is 71.4 Å². The number of fused-ring (bicyclic) bond motifs is 2. The van der Waals surface area contributed by atoms with Crippen LogP contribution in [0.5, 0.6) is 0 Å². The molecule has 7 nitrogen and oxygen atoms in total. The van der Waals surface area contributed by atoms with E-state index in [1.807, 2.05) is 30.3 Å². The number of benzene rings is 1. The van der Waals surface area contributed by atoms with Gasteiger partial charge in [0.2, 0.25) is 0 Å². The summed E-state index contributed by atoms with van der Waals surface area (Å²) in [6.07, 6.45) is 3.39. The van der Waals surface area contributed by atoms with Crippen molar-refractivity contribution in [1.29, 1.82) is 0 Å². The number of nitrogens with zero attached hydrogens (tertiary/aromatic N) is 6. The Bertz CT molecular complexity index is 1320. The molecule has 0 radical (unpaired) electrons. The molecule has 1 aliphatic rings. The van der Waals surface area contributed by atoms with Gasteiger partial charge in [-0.25, -0.2) is 13.8 Å². The number of para-hydroxylation sites is 1. The Kier molecular flexibility index (Phi) is 4.65. The van der Waals surface area contributed by atoms with Crippen LogP contribution in [0.25, 0.3) is 22.8 Å². The molecule has 1 aromatic carbocycles. The zero-order chi connectivity index (χ0) is 21.5. The normalized spacial score (nSPS) is 16.0. The summed E-state index contributed by atoms with van der Waals surface area (Å²) in [5.74, 6) is 0.0719. The highest BCUT2D eigenvalue weighted by Crippen LogP contribution is 2.33. The summed E-state index contributed by atoms with van der Waals surface area (Å²) in [5, 5.41) is 4.89. The van der Waals surface area contributed by atoms with Crippen LogP contribution in [-0.2, 0) is 0 Å². The topological polar surface area (TPSA) is 76.3 Å². The number of pyridine rings is 1. The van der Waals surface area contributed by atoms with Crippen LogP contribution in [0.15, 0.2) is 54.5 Å². The molecule has 9 heteroatoms. The van der Waals surface area contributed by atoms with Crippen LogP contribution in [0.1, 0.15) is 41.0 Å². The molecule has 0 unspecified atom stereocenters. The molecule has 156 valence electrons. The van der Waals surface area contributed by atoms with E-state index in [9.17, 15) is 13.6 Å². The lowest BCUT2D eigenvalue weighted by Gasteiger charge is -2.37. The third-order valence-corrected chi connectivity index (χ3v) is 5.62. The van der Waals surface area contributed by atoms with Crippen molar-refractivity contribution >= 4 is 28.7 Å². The van der Waals surface area contributed by atoms with Gasteiger partial charge >= 0.3 is 0 Å². The van der Waals surface area contributed by atoms with Crippen molar-refractivity contribution in [3.63, 3.8) is 0 Å². The Balaban J connectivity index is 1.36. The second kappa shape index (κ2) is 7.50. The first-order valence-corrected chi connectivity index (χ1v) is 9.80. The Hall–Kier alpha value is -3.75. The molecule has 0 saturated heterocycles. The van der Waals surface area contributed by atoms with E-state index in [2.05, 4.69) is 20.1 Å². The predicted octanol–water partition coefficient (Wildman–Crippen LogP) is 3.93. The fourth-order valence-corrected chi connectivity index (χ4v) is 3.85. The van der Waals surface area contributed by atoms with Crippen molar-refractivity contribution in [2.45, 2.75) is 25.3 Å². The Morgan fingerprint density at radius 1 is 1.23 bits per heavy atom. The van der Waals surface area contributed by atoms with E-state index < -0.39 is 6.43 Å². The first kappa shape index (κ1) is 19.2. The van der Waals surface area contributed by atoms with Gasteiger partial charge in [0.05, 0.1) is 16.8 Å². The average Bonchev–Trinajstić information content (AvgIpc) is 3.23. The molecule has 0 bridgehead atoms. The fourth-order valence-electron chi connectivity index (χ4n) is 3.85. The van der Waals surface area contributed by atoms with E-state index >= 15 is 0 Å². The van der Waals surface area contributed by atoms with Gasteiger partial charge in [-0.05, 0) is 37.1 Å². The first-order chi connectivity index (χ1) is 15.0.